The SMILES string of the molecule is CC1CC(CN)(C(=O)Nc2ccc(C(C)(C)C)cc2)C1. The van der Waals surface area contributed by atoms with Gasteiger partial charge in [0, 0.05) is 12.2 Å². The summed E-state index contributed by atoms with van der Waals surface area (Å²) in [5.41, 5.74) is 7.71. The lowest BCUT2D eigenvalue weighted by molar-refractivity contribution is -0.132. The third-order valence-corrected chi connectivity index (χ3v) is 4.36. The minimum atomic E-state index is -0.345. The van der Waals surface area contributed by atoms with Gasteiger partial charge in [-0.15, -0.1) is 0 Å². The van der Waals surface area contributed by atoms with Gasteiger partial charge in [0.05, 0.1) is 5.41 Å². The second-order valence-electron chi connectivity index (χ2n) is 7.28. The predicted molar refractivity (Wildman–Crippen MR) is 83.7 cm³/mol. The van der Waals surface area contributed by atoms with E-state index in [0.29, 0.717) is 12.5 Å². The van der Waals surface area contributed by atoms with E-state index in [9.17, 15) is 4.79 Å². The number of anilines is 1. The maximum atomic E-state index is 12.4. The molecule has 0 heterocycles. The fourth-order valence-corrected chi connectivity index (χ4v) is 3.04. The van der Waals surface area contributed by atoms with Crippen LogP contribution in [0.5, 0.6) is 0 Å². The molecule has 1 aromatic carbocycles. The fraction of sp³-hybridized carbons (Fsp3) is 0.588. The van der Waals surface area contributed by atoms with E-state index in [1.165, 1.54) is 5.56 Å². The zero-order chi connectivity index (χ0) is 15.0. The lowest BCUT2D eigenvalue weighted by Gasteiger charge is -2.44. The molecule has 0 saturated heterocycles. The Kier molecular flexibility index (Phi) is 3.92. The van der Waals surface area contributed by atoms with Crippen LogP contribution in [0.2, 0.25) is 0 Å². The van der Waals surface area contributed by atoms with E-state index in [1.807, 2.05) is 12.1 Å². The van der Waals surface area contributed by atoms with Gasteiger partial charge in [-0.05, 0) is 41.9 Å². The number of benzene rings is 1. The van der Waals surface area contributed by atoms with Gasteiger partial charge in [-0.25, -0.2) is 0 Å². The van der Waals surface area contributed by atoms with Crippen LogP contribution in [-0.2, 0) is 10.2 Å². The maximum Gasteiger partial charge on any atom is 0.231 e. The van der Waals surface area contributed by atoms with Crippen molar-refractivity contribution < 1.29 is 4.79 Å². The van der Waals surface area contributed by atoms with E-state index in [0.717, 1.165) is 18.5 Å². The summed E-state index contributed by atoms with van der Waals surface area (Å²) in [6.07, 6.45) is 1.80. The number of nitrogens with one attached hydrogen (secondary N) is 1. The van der Waals surface area contributed by atoms with Crippen molar-refractivity contribution in [2.24, 2.45) is 17.1 Å². The maximum absolute atomic E-state index is 12.4. The number of rotatable bonds is 3. The normalized spacial score (nSPS) is 25.9. The van der Waals surface area contributed by atoms with Crippen LogP contribution in [0.4, 0.5) is 5.69 Å². The van der Waals surface area contributed by atoms with Crippen LogP contribution in [-0.4, -0.2) is 12.5 Å². The van der Waals surface area contributed by atoms with Crippen molar-refractivity contribution in [3.8, 4) is 0 Å². The first kappa shape index (κ1) is 15.0. The molecule has 0 bridgehead atoms. The number of nitrogens with two attached hydrogens (primary N) is 1. The Morgan fingerprint density at radius 2 is 1.85 bits per heavy atom. The van der Waals surface area contributed by atoms with E-state index in [1.54, 1.807) is 0 Å². The summed E-state index contributed by atoms with van der Waals surface area (Å²) < 4.78 is 0. The molecule has 0 radical (unpaired) electrons. The number of carbonyl (C=O) groups is 1. The lowest BCUT2D eigenvalue weighted by atomic mass is 9.62. The van der Waals surface area contributed by atoms with Crippen molar-refractivity contribution in [3.63, 3.8) is 0 Å². The van der Waals surface area contributed by atoms with Gasteiger partial charge in [0.15, 0.2) is 0 Å². The van der Waals surface area contributed by atoms with Crippen molar-refractivity contribution in [2.45, 2.75) is 46.0 Å². The van der Waals surface area contributed by atoms with Crippen LogP contribution < -0.4 is 11.1 Å². The quantitative estimate of drug-likeness (QED) is 0.888. The van der Waals surface area contributed by atoms with E-state index >= 15 is 0 Å². The molecule has 1 aromatic rings. The Hall–Kier alpha value is -1.35. The molecule has 1 aliphatic rings. The molecule has 0 unspecified atom stereocenters. The minimum absolute atomic E-state index is 0.0709. The molecular formula is C17H26N2O. The van der Waals surface area contributed by atoms with Gasteiger partial charge in [-0.3, -0.25) is 4.79 Å². The predicted octanol–water partition coefficient (Wildman–Crippen LogP) is 3.30. The molecule has 3 N–H and O–H groups in total. The first-order valence-corrected chi connectivity index (χ1v) is 7.39. The second kappa shape index (κ2) is 5.21. The van der Waals surface area contributed by atoms with Crippen molar-refractivity contribution in [1.82, 2.24) is 0 Å². The molecule has 3 heteroatoms. The van der Waals surface area contributed by atoms with E-state index in [-0.39, 0.29) is 16.7 Å². The third kappa shape index (κ3) is 2.88. The number of amides is 1. The Morgan fingerprint density at radius 1 is 1.30 bits per heavy atom. The zero-order valence-corrected chi connectivity index (χ0v) is 13.0. The summed E-state index contributed by atoms with van der Waals surface area (Å²) in [6.45, 7) is 9.14. The van der Waals surface area contributed by atoms with Gasteiger partial charge in [0.1, 0.15) is 0 Å². The average molecular weight is 274 g/mol. The highest BCUT2D eigenvalue weighted by molar-refractivity contribution is 5.96. The summed E-state index contributed by atoms with van der Waals surface area (Å²) in [5.74, 6) is 0.675. The molecule has 0 atom stereocenters. The van der Waals surface area contributed by atoms with Gasteiger partial charge in [0.25, 0.3) is 0 Å². The van der Waals surface area contributed by atoms with Crippen LogP contribution >= 0.6 is 0 Å². The van der Waals surface area contributed by atoms with Gasteiger partial charge in [0.2, 0.25) is 5.91 Å². The van der Waals surface area contributed by atoms with Crippen LogP contribution in [0.25, 0.3) is 0 Å². The average Bonchev–Trinajstić information content (AvgIpc) is 2.34. The van der Waals surface area contributed by atoms with Crippen molar-refractivity contribution in [3.05, 3.63) is 29.8 Å². The summed E-state index contributed by atoms with van der Waals surface area (Å²) in [7, 11) is 0. The third-order valence-electron chi connectivity index (χ3n) is 4.36. The first-order valence-electron chi connectivity index (χ1n) is 7.39. The zero-order valence-electron chi connectivity index (χ0n) is 13.0. The highest BCUT2D eigenvalue weighted by atomic mass is 16.2. The first-order chi connectivity index (χ1) is 9.27. The number of carbonyl (C=O) groups excluding carboxylic acids is 1. The summed E-state index contributed by atoms with van der Waals surface area (Å²) in [4.78, 5) is 12.4. The summed E-state index contributed by atoms with van der Waals surface area (Å²) in [6, 6.07) is 8.11. The van der Waals surface area contributed by atoms with Gasteiger partial charge in [-0.2, -0.15) is 0 Å². The molecule has 1 fully saturated rings. The van der Waals surface area contributed by atoms with Crippen LogP contribution in [0, 0.1) is 11.3 Å². The van der Waals surface area contributed by atoms with Crippen LogP contribution in [0.3, 0.4) is 0 Å². The smallest absolute Gasteiger partial charge is 0.231 e. The van der Waals surface area contributed by atoms with Crippen molar-refractivity contribution >= 4 is 11.6 Å². The highest BCUT2D eigenvalue weighted by Gasteiger charge is 2.47. The summed E-state index contributed by atoms with van der Waals surface area (Å²) in [5, 5.41) is 3.02. The molecule has 2 rings (SSSR count). The lowest BCUT2D eigenvalue weighted by Crippen LogP contribution is -2.51. The molecular weight excluding hydrogens is 248 g/mol. The molecule has 20 heavy (non-hydrogen) atoms. The molecule has 1 amide bonds. The van der Waals surface area contributed by atoms with Gasteiger partial charge >= 0.3 is 0 Å². The van der Waals surface area contributed by atoms with Crippen molar-refractivity contribution in [2.75, 3.05) is 11.9 Å². The molecule has 1 saturated carbocycles. The Balaban J connectivity index is 2.05. The minimum Gasteiger partial charge on any atom is -0.329 e. The molecule has 0 spiro atoms. The van der Waals surface area contributed by atoms with Crippen LogP contribution in [0.15, 0.2) is 24.3 Å². The Bertz CT molecular complexity index is 479. The van der Waals surface area contributed by atoms with E-state index < -0.39 is 0 Å². The topological polar surface area (TPSA) is 55.1 Å². The fourth-order valence-electron chi connectivity index (χ4n) is 3.04. The monoisotopic (exact) mass is 274 g/mol. The number of hydrogen-bond acceptors (Lipinski definition) is 2. The van der Waals surface area contributed by atoms with E-state index in [2.05, 4.69) is 45.1 Å². The van der Waals surface area contributed by atoms with Crippen LogP contribution in [0.1, 0.15) is 46.1 Å². The van der Waals surface area contributed by atoms with Gasteiger partial charge < -0.3 is 11.1 Å². The highest BCUT2D eigenvalue weighted by Crippen LogP contribution is 2.45. The summed E-state index contributed by atoms with van der Waals surface area (Å²) >= 11 is 0. The largest absolute Gasteiger partial charge is 0.329 e. The number of hydrogen-bond donors (Lipinski definition) is 2. The Morgan fingerprint density at radius 3 is 2.25 bits per heavy atom. The van der Waals surface area contributed by atoms with Crippen molar-refractivity contribution in [1.29, 1.82) is 0 Å². The molecule has 1 aliphatic carbocycles. The van der Waals surface area contributed by atoms with E-state index in [4.69, 9.17) is 5.73 Å². The molecule has 110 valence electrons. The molecule has 3 nitrogen and oxygen atoms in total. The van der Waals surface area contributed by atoms with Gasteiger partial charge in [-0.1, -0.05) is 39.8 Å². The standard InChI is InChI=1S/C17H26N2O/c1-12-9-17(10-12,11-18)15(20)19-14-7-5-13(6-8-14)16(2,3)4/h5-8,12H,9-11,18H2,1-4H3,(H,19,20). The molecule has 0 aliphatic heterocycles. The second-order valence-corrected chi connectivity index (χ2v) is 7.28. The Labute approximate surface area is 121 Å². The molecule has 0 aromatic heterocycles.